The van der Waals surface area contributed by atoms with Gasteiger partial charge in [-0.3, -0.25) is 4.79 Å². The highest BCUT2D eigenvalue weighted by atomic mass is 35.5. The summed E-state index contributed by atoms with van der Waals surface area (Å²) < 4.78 is 5.43. The van der Waals surface area contributed by atoms with E-state index in [1.807, 2.05) is 19.1 Å². The molecule has 2 aromatic carbocycles. The molecule has 2 N–H and O–H groups in total. The topological polar surface area (TPSA) is 96.4 Å². The Morgan fingerprint density at radius 1 is 1.09 bits per heavy atom. The molecule has 1 fully saturated rings. The molecular formula is C22H22ClN5O3S. The average molecular weight is 472 g/mol. The lowest BCUT2D eigenvalue weighted by Crippen LogP contribution is -2.34. The lowest BCUT2D eigenvalue weighted by Gasteiger charge is -2.23. The van der Waals surface area contributed by atoms with Gasteiger partial charge in [-0.2, -0.15) is 0 Å². The predicted octanol–water partition coefficient (Wildman–Crippen LogP) is 5.21. The maximum atomic E-state index is 12.9. The number of nitrogens with zero attached hydrogens (tertiary/aromatic N) is 3. The number of carbonyl (C=O) groups is 2. The van der Waals surface area contributed by atoms with Gasteiger partial charge in [0.2, 0.25) is 5.01 Å². The number of anilines is 2. The molecule has 3 amide bonds. The minimum absolute atomic E-state index is 0.209. The van der Waals surface area contributed by atoms with Gasteiger partial charge in [0, 0.05) is 22.9 Å². The number of urea groups is 1. The molecular weight excluding hydrogens is 450 g/mol. The van der Waals surface area contributed by atoms with Crippen molar-refractivity contribution in [3.05, 3.63) is 63.6 Å². The maximum Gasteiger partial charge on any atom is 0.322 e. The van der Waals surface area contributed by atoms with Gasteiger partial charge in [-0.25, -0.2) is 4.79 Å². The Bertz CT molecular complexity index is 1090. The molecule has 0 aliphatic carbocycles. The first-order chi connectivity index (χ1) is 15.5. The van der Waals surface area contributed by atoms with E-state index in [1.54, 1.807) is 41.3 Å². The smallest absolute Gasteiger partial charge is 0.322 e. The fraction of sp³-hybridized carbons (Fsp3) is 0.273. The van der Waals surface area contributed by atoms with Crippen LogP contribution in [-0.2, 0) is 0 Å². The van der Waals surface area contributed by atoms with Gasteiger partial charge in [-0.05, 0) is 68.3 Å². The molecule has 1 aliphatic rings. The first kappa shape index (κ1) is 22.0. The van der Waals surface area contributed by atoms with Crippen LogP contribution >= 0.6 is 22.9 Å². The van der Waals surface area contributed by atoms with E-state index in [0.29, 0.717) is 34.6 Å². The number of halogens is 1. The van der Waals surface area contributed by atoms with Crippen molar-refractivity contribution in [2.75, 3.05) is 23.8 Å². The number of aromatic nitrogens is 2. The molecule has 1 aromatic heterocycles. The second kappa shape index (κ2) is 9.97. The summed E-state index contributed by atoms with van der Waals surface area (Å²) in [6.07, 6.45) is 1.62. The fourth-order valence-electron chi connectivity index (χ4n) is 3.44. The Morgan fingerprint density at radius 3 is 2.50 bits per heavy atom. The SMILES string of the molecule is CCOc1ccc(NC(=O)N2CCC[C@H]2c2nnc(C(=O)Nc3ccc(Cl)cc3)s2)cc1. The average Bonchev–Trinajstić information content (AvgIpc) is 3.46. The number of nitrogens with one attached hydrogen (secondary N) is 2. The van der Waals surface area contributed by atoms with Gasteiger partial charge in [-0.15, -0.1) is 10.2 Å². The number of benzene rings is 2. The number of hydrogen-bond donors (Lipinski definition) is 2. The summed E-state index contributed by atoms with van der Waals surface area (Å²) in [4.78, 5) is 27.1. The summed E-state index contributed by atoms with van der Waals surface area (Å²) in [5, 5.41) is 15.4. The van der Waals surface area contributed by atoms with Crippen molar-refractivity contribution in [1.29, 1.82) is 0 Å². The molecule has 166 valence electrons. The van der Waals surface area contributed by atoms with Gasteiger partial charge in [0.1, 0.15) is 10.8 Å². The molecule has 0 radical (unpaired) electrons. The van der Waals surface area contributed by atoms with Crippen LogP contribution in [0.25, 0.3) is 0 Å². The third-order valence-corrected chi connectivity index (χ3v) is 6.23. The fourth-order valence-corrected chi connectivity index (χ4v) is 4.45. The minimum Gasteiger partial charge on any atom is -0.494 e. The van der Waals surface area contributed by atoms with E-state index in [0.717, 1.165) is 18.6 Å². The Labute approximate surface area is 194 Å². The second-order valence-corrected chi connectivity index (χ2v) is 8.59. The molecule has 1 saturated heterocycles. The van der Waals surface area contributed by atoms with Crippen LogP contribution in [0.4, 0.5) is 16.2 Å². The molecule has 0 spiro atoms. The molecule has 0 saturated carbocycles. The number of rotatable bonds is 6. The first-order valence-corrected chi connectivity index (χ1v) is 11.4. The van der Waals surface area contributed by atoms with E-state index in [1.165, 1.54) is 11.3 Å². The third-order valence-electron chi connectivity index (χ3n) is 4.95. The Hall–Kier alpha value is -3.17. The minimum atomic E-state index is -0.348. The van der Waals surface area contributed by atoms with Gasteiger partial charge in [0.15, 0.2) is 0 Å². The summed E-state index contributed by atoms with van der Waals surface area (Å²) in [6.45, 7) is 3.12. The van der Waals surface area contributed by atoms with Gasteiger partial charge < -0.3 is 20.3 Å². The first-order valence-electron chi connectivity index (χ1n) is 10.2. The summed E-state index contributed by atoms with van der Waals surface area (Å²) in [7, 11) is 0. The van der Waals surface area contributed by atoms with Crippen molar-refractivity contribution in [2.45, 2.75) is 25.8 Å². The van der Waals surface area contributed by atoms with Crippen LogP contribution < -0.4 is 15.4 Å². The zero-order valence-electron chi connectivity index (χ0n) is 17.4. The van der Waals surface area contributed by atoms with E-state index < -0.39 is 0 Å². The molecule has 32 heavy (non-hydrogen) atoms. The maximum absolute atomic E-state index is 12.9. The zero-order chi connectivity index (χ0) is 22.5. The van der Waals surface area contributed by atoms with Crippen LogP contribution in [0.1, 0.15) is 40.6 Å². The summed E-state index contributed by atoms with van der Waals surface area (Å²) in [5.74, 6) is 0.405. The molecule has 0 bridgehead atoms. The molecule has 1 aliphatic heterocycles. The lowest BCUT2D eigenvalue weighted by molar-refractivity contribution is 0.102. The normalized spacial score (nSPS) is 15.4. The number of carbonyl (C=O) groups excluding carboxylic acids is 2. The van der Waals surface area contributed by atoms with Crippen molar-refractivity contribution in [2.24, 2.45) is 0 Å². The number of amides is 3. The van der Waals surface area contributed by atoms with E-state index >= 15 is 0 Å². The van der Waals surface area contributed by atoms with Gasteiger partial charge >= 0.3 is 6.03 Å². The van der Waals surface area contributed by atoms with Crippen LogP contribution in [0.2, 0.25) is 5.02 Å². The van der Waals surface area contributed by atoms with Crippen molar-refractivity contribution < 1.29 is 14.3 Å². The molecule has 0 unspecified atom stereocenters. The van der Waals surface area contributed by atoms with Gasteiger partial charge in [0.05, 0.1) is 12.6 Å². The number of ether oxygens (including phenoxy) is 1. The van der Waals surface area contributed by atoms with Crippen molar-refractivity contribution in [3.8, 4) is 5.75 Å². The molecule has 2 heterocycles. The van der Waals surface area contributed by atoms with Gasteiger partial charge in [-0.1, -0.05) is 22.9 Å². The van der Waals surface area contributed by atoms with Crippen molar-refractivity contribution >= 4 is 46.3 Å². The van der Waals surface area contributed by atoms with E-state index in [2.05, 4.69) is 20.8 Å². The van der Waals surface area contributed by atoms with Gasteiger partial charge in [0.25, 0.3) is 5.91 Å². The summed E-state index contributed by atoms with van der Waals surface area (Å²) in [5.41, 5.74) is 1.30. The van der Waals surface area contributed by atoms with E-state index in [4.69, 9.17) is 16.3 Å². The van der Waals surface area contributed by atoms with Crippen LogP contribution in [0.15, 0.2) is 48.5 Å². The van der Waals surface area contributed by atoms with E-state index in [9.17, 15) is 9.59 Å². The molecule has 4 rings (SSSR count). The molecule has 1 atom stereocenters. The standard InChI is InChI=1S/C22H22ClN5O3S/c1-2-31-17-11-9-16(10-12-17)25-22(30)28-13-3-4-18(28)20-26-27-21(32-20)19(29)24-15-7-5-14(23)6-8-15/h5-12,18H,2-4,13H2,1H3,(H,24,29)(H,25,30)/t18-/m0/s1. The van der Waals surface area contributed by atoms with Crippen molar-refractivity contribution in [3.63, 3.8) is 0 Å². The Kier molecular flexibility index (Phi) is 6.87. The van der Waals surface area contributed by atoms with Crippen LogP contribution in [-0.4, -0.2) is 40.2 Å². The molecule has 3 aromatic rings. The highest BCUT2D eigenvalue weighted by Gasteiger charge is 2.33. The highest BCUT2D eigenvalue weighted by Crippen LogP contribution is 2.34. The Morgan fingerprint density at radius 2 is 1.78 bits per heavy atom. The quantitative estimate of drug-likeness (QED) is 0.514. The largest absolute Gasteiger partial charge is 0.494 e. The Balaban J connectivity index is 1.40. The highest BCUT2D eigenvalue weighted by molar-refractivity contribution is 7.13. The number of likely N-dealkylation sites (tertiary alicyclic amines) is 1. The van der Waals surface area contributed by atoms with Crippen LogP contribution in [0, 0.1) is 0 Å². The third kappa shape index (κ3) is 5.17. The second-order valence-electron chi connectivity index (χ2n) is 7.15. The lowest BCUT2D eigenvalue weighted by atomic mass is 10.2. The van der Waals surface area contributed by atoms with Crippen LogP contribution in [0.5, 0.6) is 5.75 Å². The zero-order valence-corrected chi connectivity index (χ0v) is 18.9. The summed E-state index contributed by atoms with van der Waals surface area (Å²) >= 11 is 7.07. The molecule has 10 heteroatoms. The van der Waals surface area contributed by atoms with Crippen molar-refractivity contribution in [1.82, 2.24) is 15.1 Å². The monoisotopic (exact) mass is 471 g/mol. The predicted molar refractivity (Wildman–Crippen MR) is 125 cm³/mol. The molecule has 8 nitrogen and oxygen atoms in total. The van der Waals surface area contributed by atoms with Crippen LogP contribution in [0.3, 0.4) is 0 Å². The number of hydrogen-bond acceptors (Lipinski definition) is 6. The van der Waals surface area contributed by atoms with E-state index in [-0.39, 0.29) is 23.0 Å². The summed E-state index contributed by atoms with van der Waals surface area (Å²) in [6, 6.07) is 13.6.